The van der Waals surface area contributed by atoms with Crippen molar-refractivity contribution < 1.29 is 0 Å². The minimum absolute atomic E-state index is 0.972. The first kappa shape index (κ1) is 5.70. The number of likely N-dealkylation sites (N-methyl/N-ethyl adjacent to an activating group) is 1. The summed E-state index contributed by atoms with van der Waals surface area (Å²) in [4.78, 5) is 2.06. The lowest BCUT2D eigenvalue weighted by molar-refractivity contribution is 0.457. The standard InChI is InChI=1S/C5H11N/c1-4-5-6(2)3/h4H,1,5H2,2-3H3. The molecule has 0 aliphatic rings. The number of hydrogen-bond acceptors (Lipinski definition) is 1. The van der Waals surface area contributed by atoms with E-state index in [4.69, 9.17) is 0 Å². The van der Waals surface area contributed by atoms with E-state index in [1.54, 1.807) is 0 Å². The topological polar surface area (TPSA) is 3.24 Å². The Kier molecular flexibility index (Phi) is 2.77. The summed E-state index contributed by atoms with van der Waals surface area (Å²) in [6, 6.07) is 0. The van der Waals surface area contributed by atoms with Crippen molar-refractivity contribution >= 4 is 0 Å². The minimum Gasteiger partial charge on any atom is -0.306 e. The molecule has 0 aromatic rings. The van der Waals surface area contributed by atoms with E-state index >= 15 is 0 Å². The molecule has 0 aromatic heterocycles. The van der Waals surface area contributed by atoms with Gasteiger partial charge in [-0.3, -0.25) is 0 Å². The van der Waals surface area contributed by atoms with Crippen LogP contribution in [0.3, 0.4) is 0 Å². The first-order valence-electron chi connectivity index (χ1n) is 2.03. The molecule has 0 saturated carbocycles. The van der Waals surface area contributed by atoms with Crippen LogP contribution in [0.4, 0.5) is 0 Å². The van der Waals surface area contributed by atoms with E-state index < -0.39 is 0 Å². The molecule has 0 aliphatic heterocycles. The first-order valence-corrected chi connectivity index (χ1v) is 2.03. The Hall–Kier alpha value is -0.300. The first-order chi connectivity index (χ1) is 2.77. The van der Waals surface area contributed by atoms with E-state index in [2.05, 4.69) is 11.5 Å². The summed E-state index contributed by atoms with van der Waals surface area (Å²) in [5.41, 5.74) is 0. The van der Waals surface area contributed by atoms with Crippen molar-refractivity contribution in [2.75, 3.05) is 20.6 Å². The Morgan fingerprint density at radius 2 is 2.17 bits per heavy atom. The molecular weight excluding hydrogens is 74.1 g/mol. The molecule has 0 fully saturated rings. The highest BCUT2D eigenvalue weighted by atomic mass is 15.0. The van der Waals surface area contributed by atoms with Crippen molar-refractivity contribution in [3.8, 4) is 0 Å². The molecule has 0 saturated heterocycles. The average Bonchev–Trinajstić information content (AvgIpc) is 1.35. The van der Waals surface area contributed by atoms with E-state index in [-0.39, 0.29) is 0 Å². The van der Waals surface area contributed by atoms with E-state index in [1.807, 2.05) is 20.2 Å². The zero-order chi connectivity index (χ0) is 4.99. The quantitative estimate of drug-likeness (QED) is 0.447. The van der Waals surface area contributed by atoms with Crippen molar-refractivity contribution in [1.29, 1.82) is 0 Å². The molecule has 0 amide bonds. The largest absolute Gasteiger partial charge is 0.306 e. The Morgan fingerprint density at radius 3 is 2.17 bits per heavy atom. The zero-order valence-electron chi connectivity index (χ0n) is 4.44. The predicted octanol–water partition coefficient (Wildman–Crippen LogP) is 0.734. The second-order valence-corrected chi connectivity index (χ2v) is 1.55. The number of hydrogen-bond donors (Lipinski definition) is 0. The number of nitrogens with zero attached hydrogens (tertiary/aromatic N) is 1. The molecule has 0 rings (SSSR count). The van der Waals surface area contributed by atoms with Gasteiger partial charge in [-0.15, -0.1) is 6.58 Å². The molecule has 1 nitrogen and oxygen atoms in total. The van der Waals surface area contributed by atoms with Gasteiger partial charge in [-0.05, 0) is 14.1 Å². The van der Waals surface area contributed by atoms with E-state index in [0.29, 0.717) is 0 Å². The molecule has 0 radical (unpaired) electrons. The molecule has 0 unspecified atom stereocenters. The summed E-state index contributed by atoms with van der Waals surface area (Å²) in [5.74, 6) is 0. The van der Waals surface area contributed by atoms with Gasteiger partial charge in [0.2, 0.25) is 0 Å². The summed E-state index contributed by atoms with van der Waals surface area (Å²) in [6.45, 7) is 4.53. The summed E-state index contributed by atoms with van der Waals surface area (Å²) in [5, 5.41) is 0. The van der Waals surface area contributed by atoms with E-state index in [9.17, 15) is 0 Å². The van der Waals surface area contributed by atoms with Gasteiger partial charge in [0.25, 0.3) is 0 Å². The summed E-state index contributed by atoms with van der Waals surface area (Å²) in [7, 11) is 4.03. The van der Waals surface area contributed by atoms with Crippen LogP contribution in [-0.4, -0.2) is 25.5 Å². The third kappa shape index (κ3) is 3.70. The van der Waals surface area contributed by atoms with Crippen molar-refractivity contribution in [1.82, 2.24) is 4.90 Å². The predicted molar refractivity (Wildman–Crippen MR) is 28.8 cm³/mol. The Morgan fingerprint density at radius 1 is 1.67 bits per heavy atom. The van der Waals surface area contributed by atoms with Gasteiger partial charge in [-0.1, -0.05) is 6.08 Å². The van der Waals surface area contributed by atoms with Gasteiger partial charge >= 0.3 is 0 Å². The maximum absolute atomic E-state index is 3.56. The van der Waals surface area contributed by atoms with Crippen molar-refractivity contribution in [2.24, 2.45) is 0 Å². The highest BCUT2D eigenvalue weighted by Crippen LogP contribution is 1.69. The third-order valence-corrected chi connectivity index (χ3v) is 0.494. The fraction of sp³-hybridized carbons (Fsp3) is 0.600. The lowest BCUT2D eigenvalue weighted by Crippen LogP contribution is -2.09. The molecule has 36 valence electrons. The molecule has 1 heteroatoms. The molecule has 0 heterocycles. The van der Waals surface area contributed by atoms with Crippen LogP contribution in [0.2, 0.25) is 0 Å². The lowest BCUT2D eigenvalue weighted by Gasteiger charge is -2.01. The highest BCUT2D eigenvalue weighted by molar-refractivity contribution is 4.68. The molecule has 0 aromatic carbocycles. The van der Waals surface area contributed by atoms with Crippen LogP contribution in [0.5, 0.6) is 0 Å². The third-order valence-electron chi connectivity index (χ3n) is 0.494. The van der Waals surface area contributed by atoms with Crippen LogP contribution in [0.15, 0.2) is 12.7 Å². The molecule has 0 spiro atoms. The van der Waals surface area contributed by atoms with E-state index in [0.717, 1.165) is 6.54 Å². The lowest BCUT2D eigenvalue weighted by atomic mass is 10.6. The Balaban J connectivity index is 2.81. The monoisotopic (exact) mass is 85.1 g/mol. The average molecular weight is 85.1 g/mol. The summed E-state index contributed by atoms with van der Waals surface area (Å²) in [6.07, 6.45) is 1.88. The molecule has 0 atom stereocenters. The fourth-order valence-electron chi connectivity index (χ4n) is 0.258. The van der Waals surface area contributed by atoms with E-state index in [1.165, 1.54) is 0 Å². The minimum atomic E-state index is 0.972. The number of rotatable bonds is 2. The Bertz CT molecular complexity index is 39.2. The second kappa shape index (κ2) is 2.91. The van der Waals surface area contributed by atoms with Crippen LogP contribution < -0.4 is 0 Å². The fourth-order valence-corrected chi connectivity index (χ4v) is 0.258. The van der Waals surface area contributed by atoms with Gasteiger partial charge in [-0.2, -0.15) is 0 Å². The van der Waals surface area contributed by atoms with Crippen LogP contribution in [0, 0.1) is 0 Å². The van der Waals surface area contributed by atoms with Crippen LogP contribution in [0.1, 0.15) is 0 Å². The molecule has 0 bridgehead atoms. The van der Waals surface area contributed by atoms with Crippen molar-refractivity contribution in [3.05, 3.63) is 12.7 Å². The van der Waals surface area contributed by atoms with Gasteiger partial charge in [0.1, 0.15) is 0 Å². The second-order valence-electron chi connectivity index (χ2n) is 1.55. The zero-order valence-corrected chi connectivity index (χ0v) is 4.44. The molecular formula is C5H11N. The molecule has 0 aliphatic carbocycles. The van der Waals surface area contributed by atoms with Gasteiger partial charge < -0.3 is 4.90 Å². The van der Waals surface area contributed by atoms with Gasteiger partial charge in [-0.25, -0.2) is 0 Å². The normalized spacial score (nSPS) is 9.17. The van der Waals surface area contributed by atoms with Gasteiger partial charge in [0.15, 0.2) is 0 Å². The van der Waals surface area contributed by atoms with Crippen LogP contribution >= 0.6 is 0 Å². The highest BCUT2D eigenvalue weighted by Gasteiger charge is 1.75. The SMILES string of the molecule is C=CCN(C)C. The van der Waals surface area contributed by atoms with Crippen molar-refractivity contribution in [3.63, 3.8) is 0 Å². The maximum Gasteiger partial charge on any atom is 0.0154 e. The van der Waals surface area contributed by atoms with Crippen molar-refractivity contribution in [2.45, 2.75) is 0 Å². The smallest absolute Gasteiger partial charge is 0.0154 e. The van der Waals surface area contributed by atoms with Gasteiger partial charge in [0.05, 0.1) is 0 Å². The van der Waals surface area contributed by atoms with Gasteiger partial charge in [0, 0.05) is 6.54 Å². The maximum atomic E-state index is 3.56. The summed E-state index contributed by atoms with van der Waals surface area (Å²) < 4.78 is 0. The molecule has 6 heavy (non-hydrogen) atoms. The molecule has 0 N–H and O–H groups in total. The van der Waals surface area contributed by atoms with Crippen LogP contribution in [-0.2, 0) is 0 Å². The summed E-state index contributed by atoms with van der Waals surface area (Å²) >= 11 is 0. The Labute approximate surface area is 39.3 Å². The van der Waals surface area contributed by atoms with Crippen LogP contribution in [0.25, 0.3) is 0 Å².